The normalized spacial score (nSPS) is 18.3. The molecule has 2 aliphatic carbocycles. The summed E-state index contributed by atoms with van der Waals surface area (Å²) in [6.45, 7) is 0. The van der Waals surface area contributed by atoms with E-state index in [1.165, 1.54) is 37.4 Å². The smallest absolute Gasteiger partial charge is 0.376 e. The van der Waals surface area contributed by atoms with Gasteiger partial charge < -0.3 is 36.4 Å². The molecule has 0 aliphatic heterocycles. The minimum Gasteiger partial charge on any atom is -0.376 e. The fourth-order valence-electron chi connectivity index (χ4n) is 5.14. The Hall–Kier alpha value is -0.0962. The molecule has 2 rings (SSSR count). The monoisotopic (exact) mass is 582 g/mol. The molecule has 2 aliphatic rings. The van der Waals surface area contributed by atoms with Crippen molar-refractivity contribution in [3.63, 3.8) is 0 Å². The highest BCUT2D eigenvalue weighted by Crippen LogP contribution is 2.29. The standard InChI is InChI=1S/C23H46N2O7S2Si2/c1-27-35(28-2,29-3)18-24(20-13-9-7-10-14-20)22(26)17-34-23(33)25(21-15-11-8-12-16-21)19-36(30-4,31-5)32-6/h20-21H,7-19H2,1-6H3. The van der Waals surface area contributed by atoms with Crippen molar-refractivity contribution in [1.82, 2.24) is 9.80 Å². The van der Waals surface area contributed by atoms with E-state index in [1.807, 2.05) is 4.90 Å². The number of amides is 1. The van der Waals surface area contributed by atoms with Crippen LogP contribution in [-0.2, 0) is 31.4 Å². The molecule has 9 nitrogen and oxygen atoms in total. The molecule has 13 heteroatoms. The Kier molecular flexibility index (Phi) is 14.4. The molecule has 0 aromatic rings. The van der Waals surface area contributed by atoms with E-state index in [-0.39, 0.29) is 17.7 Å². The second-order valence-electron chi connectivity index (χ2n) is 9.38. The first kappa shape index (κ1) is 32.1. The quantitative estimate of drug-likeness (QED) is 0.224. The van der Waals surface area contributed by atoms with Crippen LogP contribution in [0.25, 0.3) is 0 Å². The van der Waals surface area contributed by atoms with Crippen LogP contribution in [0.15, 0.2) is 0 Å². The summed E-state index contributed by atoms with van der Waals surface area (Å²) in [7, 11) is 3.77. The van der Waals surface area contributed by atoms with Gasteiger partial charge in [0.25, 0.3) is 0 Å². The molecule has 1 amide bonds. The molecule has 0 saturated heterocycles. The minimum absolute atomic E-state index is 0.0367. The van der Waals surface area contributed by atoms with E-state index >= 15 is 0 Å². The lowest BCUT2D eigenvalue weighted by atomic mass is 9.94. The molecule has 0 radical (unpaired) electrons. The van der Waals surface area contributed by atoms with Crippen molar-refractivity contribution in [2.24, 2.45) is 0 Å². The van der Waals surface area contributed by atoms with Gasteiger partial charge >= 0.3 is 17.6 Å². The summed E-state index contributed by atoms with van der Waals surface area (Å²) < 4.78 is 34.8. The van der Waals surface area contributed by atoms with Crippen molar-refractivity contribution in [3.8, 4) is 0 Å². The van der Waals surface area contributed by atoms with Crippen molar-refractivity contribution in [2.45, 2.75) is 76.3 Å². The predicted octanol–water partition coefficient (Wildman–Crippen LogP) is 3.64. The largest absolute Gasteiger partial charge is 0.520 e. The van der Waals surface area contributed by atoms with Gasteiger partial charge in [0.15, 0.2) is 0 Å². The zero-order valence-corrected chi connectivity index (χ0v) is 26.5. The molecule has 2 saturated carbocycles. The third-order valence-corrected chi connectivity index (χ3v) is 14.1. The summed E-state index contributed by atoms with van der Waals surface area (Å²) in [6.07, 6.45) is 11.9. The second-order valence-corrected chi connectivity index (χ2v) is 16.8. The first-order valence-corrected chi connectivity index (χ1v) is 18.1. The molecule has 210 valence electrons. The fraction of sp³-hybridized carbons (Fsp3) is 0.913. The summed E-state index contributed by atoms with van der Waals surface area (Å²) >= 11 is 7.33. The summed E-state index contributed by atoms with van der Waals surface area (Å²) in [6, 6.07) is 0.462. The maximum Gasteiger partial charge on any atom is 0.520 e. The predicted molar refractivity (Wildman–Crippen MR) is 151 cm³/mol. The van der Waals surface area contributed by atoms with Crippen LogP contribution in [0, 0.1) is 0 Å². The first-order chi connectivity index (χ1) is 17.3. The number of carbonyl (C=O) groups is 1. The van der Waals surface area contributed by atoms with Crippen LogP contribution in [0.5, 0.6) is 0 Å². The van der Waals surface area contributed by atoms with E-state index in [1.54, 1.807) is 42.7 Å². The molecule has 0 atom stereocenters. The van der Waals surface area contributed by atoms with Crippen molar-refractivity contribution >= 4 is 51.8 Å². The SMILES string of the molecule is CO[Si](CN(C(=O)CSC(=S)N(C[Si](OC)(OC)OC)C1CCCCC1)C1CCCCC1)(OC)OC. The van der Waals surface area contributed by atoms with Gasteiger partial charge in [-0.1, -0.05) is 62.5 Å². The summed E-state index contributed by atoms with van der Waals surface area (Å²) in [4.78, 5) is 17.8. The Morgan fingerprint density at radius 2 is 1.06 bits per heavy atom. The molecule has 2 fully saturated rings. The van der Waals surface area contributed by atoms with Crippen LogP contribution in [0.2, 0.25) is 0 Å². The fourth-order valence-corrected chi connectivity index (χ4v) is 10.0. The Labute approximate surface area is 229 Å². The number of thiocarbonyl (C=S) groups is 1. The van der Waals surface area contributed by atoms with Gasteiger partial charge in [0.2, 0.25) is 5.91 Å². The third kappa shape index (κ3) is 8.71. The Morgan fingerprint density at radius 3 is 1.44 bits per heavy atom. The van der Waals surface area contributed by atoms with E-state index in [4.69, 9.17) is 38.8 Å². The number of nitrogens with zero attached hydrogens (tertiary/aromatic N) is 2. The molecule has 36 heavy (non-hydrogen) atoms. The molecule has 0 unspecified atom stereocenters. The first-order valence-electron chi connectivity index (χ1n) is 12.9. The average Bonchev–Trinajstić information content (AvgIpc) is 2.95. The molecular formula is C23H46N2O7S2Si2. The van der Waals surface area contributed by atoms with Crippen molar-refractivity contribution < 1.29 is 31.4 Å². The van der Waals surface area contributed by atoms with Crippen molar-refractivity contribution in [1.29, 1.82) is 0 Å². The molecule has 0 N–H and O–H groups in total. The summed E-state index contributed by atoms with van der Waals surface area (Å²) in [5.41, 5.74) is 0. The average molecular weight is 583 g/mol. The number of rotatable bonds is 14. The number of hydrogen-bond donors (Lipinski definition) is 0. The van der Waals surface area contributed by atoms with Gasteiger partial charge in [-0.05, 0) is 25.7 Å². The van der Waals surface area contributed by atoms with Gasteiger partial charge in [-0.25, -0.2) is 0 Å². The van der Waals surface area contributed by atoms with E-state index in [9.17, 15) is 4.79 Å². The molecular weight excluding hydrogens is 537 g/mol. The Bertz CT molecular complexity index is 602. The van der Waals surface area contributed by atoms with Crippen LogP contribution >= 0.6 is 24.0 Å². The van der Waals surface area contributed by atoms with E-state index in [0.717, 1.165) is 38.5 Å². The third-order valence-electron chi connectivity index (χ3n) is 7.50. The molecule has 0 heterocycles. The number of hydrogen-bond acceptors (Lipinski definition) is 9. The molecule has 0 aromatic heterocycles. The van der Waals surface area contributed by atoms with Crippen LogP contribution < -0.4 is 0 Å². The number of carbonyl (C=O) groups excluding carboxylic acids is 1. The van der Waals surface area contributed by atoms with E-state index < -0.39 is 17.6 Å². The van der Waals surface area contributed by atoms with Gasteiger partial charge in [-0.15, -0.1) is 0 Å². The lowest BCUT2D eigenvalue weighted by Crippen LogP contribution is -2.58. The Morgan fingerprint density at radius 1 is 0.694 bits per heavy atom. The maximum absolute atomic E-state index is 13.6. The van der Waals surface area contributed by atoms with E-state index in [0.29, 0.717) is 22.7 Å². The lowest BCUT2D eigenvalue weighted by Gasteiger charge is -2.40. The van der Waals surface area contributed by atoms with Crippen LogP contribution in [0.1, 0.15) is 64.2 Å². The molecule has 0 spiro atoms. The van der Waals surface area contributed by atoms with Gasteiger partial charge in [0, 0.05) is 54.7 Å². The number of thioether (sulfide) groups is 1. The lowest BCUT2D eigenvalue weighted by molar-refractivity contribution is -0.131. The van der Waals surface area contributed by atoms with Gasteiger partial charge in [0.1, 0.15) is 4.32 Å². The van der Waals surface area contributed by atoms with Crippen LogP contribution in [0.4, 0.5) is 0 Å². The van der Waals surface area contributed by atoms with Crippen molar-refractivity contribution in [3.05, 3.63) is 0 Å². The van der Waals surface area contributed by atoms with Gasteiger partial charge in [0.05, 0.1) is 18.1 Å². The highest BCUT2D eigenvalue weighted by Gasteiger charge is 2.45. The highest BCUT2D eigenvalue weighted by molar-refractivity contribution is 8.23. The molecule has 0 aromatic carbocycles. The van der Waals surface area contributed by atoms with Crippen molar-refractivity contribution in [2.75, 3.05) is 60.7 Å². The zero-order valence-electron chi connectivity index (χ0n) is 22.9. The van der Waals surface area contributed by atoms with Gasteiger partial charge in [-0.3, -0.25) is 4.79 Å². The van der Waals surface area contributed by atoms with Crippen LogP contribution in [-0.4, -0.2) is 110 Å². The van der Waals surface area contributed by atoms with E-state index in [2.05, 4.69) is 4.90 Å². The minimum atomic E-state index is -2.97. The van der Waals surface area contributed by atoms with Crippen LogP contribution in [0.3, 0.4) is 0 Å². The Balaban J connectivity index is 2.16. The summed E-state index contributed by atoms with van der Waals surface area (Å²) in [5.74, 6) is 0.288. The summed E-state index contributed by atoms with van der Waals surface area (Å²) in [5, 5.41) is 0. The molecule has 0 bridgehead atoms. The zero-order chi connectivity index (χ0) is 26.6. The second kappa shape index (κ2) is 16.1. The highest BCUT2D eigenvalue weighted by atomic mass is 32.2. The van der Waals surface area contributed by atoms with Gasteiger partial charge in [-0.2, -0.15) is 0 Å². The topological polar surface area (TPSA) is 78.9 Å². The maximum atomic E-state index is 13.6.